The predicted molar refractivity (Wildman–Crippen MR) is 67.7 cm³/mol. The van der Waals surface area contributed by atoms with Gasteiger partial charge in [-0.05, 0) is 31.2 Å². The highest BCUT2D eigenvalue weighted by molar-refractivity contribution is 7.98. The molecule has 0 saturated heterocycles. The first kappa shape index (κ1) is 12.3. The average Bonchev–Trinajstić information content (AvgIpc) is 2.78. The summed E-state index contributed by atoms with van der Waals surface area (Å²) in [6, 6.07) is 5.22. The number of rotatable bonds is 3. The van der Waals surface area contributed by atoms with E-state index in [1.165, 1.54) is 11.8 Å². The zero-order valence-corrected chi connectivity index (χ0v) is 10.6. The van der Waals surface area contributed by atoms with Crippen LogP contribution in [0.3, 0.4) is 0 Å². The molecule has 1 fully saturated rings. The largest absolute Gasteiger partial charge is 0.508 e. The van der Waals surface area contributed by atoms with E-state index in [0.29, 0.717) is 18.4 Å². The number of aromatic hydroxyl groups is 1. The summed E-state index contributed by atoms with van der Waals surface area (Å²) >= 11 is 1.49. The number of phenolic OH excluding ortho intramolecular Hbond substituents is 1. The van der Waals surface area contributed by atoms with E-state index in [-0.39, 0.29) is 5.75 Å². The Balaban J connectivity index is 2.61. The second-order valence-corrected chi connectivity index (χ2v) is 5.30. The Morgan fingerprint density at radius 2 is 2.00 bits per heavy atom. The van der Waals surface area contributed by atoms with Crippen molar-refractivity contribution in [2.75, 3.05) is 6.26 Å². The fourth-order valence-electron chi connectivity index (χ4n) is 2.72. The normalized spacial score (nSPS) is 18.2. The van der Waals surface area contributed by atoms with Crippen LogP contribution in [0.2, 0.25) is 0 Å². The summed E-state index contributed by atoms with van der Waals surface area (Å²) in [7, 11) is 0. The van der Waals surface area contributed by atoms with E-state index in [1.807, 2.05) is 12.3 Å². The summed E-state index contributed by atoms with van der Waals surface area (Å²) in [6.45, 7) is 0. The molecule has 1 aliphatic carbocycles. The topological polar surface area (TPSA) is 57.5 Å². The molecule has 0 bridgehead atoms. The van der Waals surface area contributed by atoms with E-state index >= 15 is 0 Å². The predicted octanol–water partition coefficient (Wildman–Crippen LogP) is 3.01. The van der Waals surface area contributed by atoms with E-state index in [0.717, 1.165) is 17.7 Å². The number of carboxylic acid groups (broad SMARTS) is 1. The fourth-order valence-corrected chi connectivity index (χ4v) is 3.44. The van der Waals surface area contributed by atoms with Crippen LogP contribution in [0.5, 0.6) is 5.75 Å². The molecule has 0 amide bonds. The molecule has 0 heterocycles. The van der Waals surface area contributed by atoms with Gasteiger partial charge in [-0.15, -0.1) is 11.8 Å². The molecular weight excluding hydrogens is 236 g/mol. The van der Waals surface area contributed by atoms with Gasteiger partial charge in [-0.2, -0.15) is 0 Å². The monoisotopic (exact) mass is 252 g/mol. The SMILES string of the molecule is CSc1cccc(O)c1C1(C(=O)O)CCCC1. The zero-order valence-electron chi connectivity index (χ0n) is 9.77. The van der Waals surface area contributed by atoms with Gasteiger partial charge in [-0.25, -0.2) is 0 Å². The maximum Gasteiger partial charge on any atom is 0.314 e. The maximum atomic E-state index is 11.6. The highest BCUT2D eigenvalue weighted by Crippen LogP contribution is 2.48. The van der Waals surface area contributed by atoms with Gasteiger partial charge in [0.05, 0.1) is 5.41 Å². The van der Waals surface area contributed by atoms with E-state index in [9.17, 15) is 15.0 Å². The van der Waals surface area contributed by atoms with Crippen LogP contribution in [0.25, 0.3) is 0 Å². The molecule has 2 rings (SSSR count). The molecule has 0 atom stereocenters. The van der Waals surface area contributed by atoms with Crippen LogP contribution < -0.4 is 0 Å². The van der Waals surface area contributed by atoms with Crippen molar-refractivity contribution >= 4 is 17.7 Å². The van der Waals surface area contributed by atoms with Gasteiger partial charge in [0, 0.05) is 10.5 Å². The molecule has 4 heteroatoms. The van der Waals surface area contributed by atoms with Crippen LogP contribution in [0.4, 0.5) is 0 Å². The molecule has 1 aromatic carbocycles. The minimum Gasteiger partial charge on any atom is -0.508 e. The highest BCUT2D eigenvalue weighted by atomic mass is 32.2. The summed E-state index contributed by atoms with van der Waals surface area (Å²) in [5, 5.41) is 19.6. The van der Waals surface area contributed by atoms with Gasteiger partial charge in [0.1, 0.15) is 5.75 Å². The third kappa shape index (κ3) is 1.90. The van der Waals surface area contributed by atoms with Gasteiger partial charge < -0.3 is 10.2 Å². The zero-order chi connectivity index (χ0) is 12.5. The van der Waals surface area contributed by atoms with Gasteiger partial charge >= 0.3 is 5.97 Å². The number of carboxylic acids is 1. The Kier molecular flexibility index (Phi) is 3.33. The van der Waals surface area contributed by atoms with E-state index < -0.39 is 11.4 Å². The van der Waals surface area contributed by atoms with Gasteiger partial charge in [0.2, 0.25) is 0 Å². The van der Waals surface area contributed by atoms with Crippen LogP contribution in [0.1, 0.15) is 31.2 Å². The first-order valence-electron chi connectivity index (χ1n) is 5.71. The fraction of sp³-hybridized carbons (Fsp3) is 0.462. The summed E-state index contributed by atoms with van der Waals surface area (Å²) in [5.74, 6) is -0.701. The number of hydrogen-bond donors (Lipinski definition) is 2. The quantitative estimate of drug-likeness (QED) is 0.812. The third-order valence-electron chi connectivity index (χ3n) is 3.57. The van der Waals surface area contributed by atoms with Crippen molar-refractivity contribution in [1.82, 2.24) is 0 Å². The Morgan fingerprint density at radius 1 is 1.35 bits per heavy atom. The molecule has 92 valence electrons. The lowest BCUT2D eigenvalue weighted by Gasteiger charge is -2.27. The minimum atomic E-state index is -0.885. The number of hydrogen-bond acceptors (Lipinski definition) is 3. The highest BCUT2D eigenvalue weighted by Gasteiger charge is 2.45. The molecule has 0 aliphatic heterocycles. The van der Waals surface area contributed by atoms with Gasteiger partial charge in [0.25, 0.3) is 0 Å². The number of phenols is 1. The molecule has 0 spiro atoms. The minimum absolute atomic E-state index is 0.112. The Bertz CT molecular complexity index is 436. The van der Waals surface area contributed by atoms with Gasteiger partial charge in [0.15, 0.2) is 0 Å². The lowest BCUT2D eigenvalue weighted by atomic mass is 9.78. The summed E-state index contributed by atoms with van der Waals surface area (Å²) < 4.78 is 0. The number of benzene rings is 1. The molecule has 17 heavy (non-hydrogen) atoms. The average molecular weight is 252 g/mol. The molecule has 0 unspecified atom stereocenters. The van der Waals surface area contributed by atoms with Crippen LogP contribution in [-0.4, -0.2) is 22.4 Å². The Labute approximate surface area is 105 Å². The lowest BCUT2D eigenvalue weighted by molar-refractivity contribution is -0.143. The molecule has 1 aromatic rings. The van der Waals surface area contributed by atoms with Crippen molar-refractivity contribution in [2.45, 2.75) is 36.0 Å². The summed E-state index contributed by atoms with van der Waals surface area (Å²) in [4.78, 5) is 12.5. The smallest absolute Gasteiger partial charge is 0.314 e. The number of carbonyl (C=O) groups is 1. The van der Waals surface area contributed by atoms with E-state index in [4.69, 9.17) is 0 Å². The molecule has 0 aromatic heterocycles. The van der Waals surface area contributed by atoms with Gasteiger partial charge in [-0.3, -0.25) is 4.79 Å². The van der Waals surface area contributed by atoms with E-state index in [2.05, 4.69) is 0 Å². The second-order valence-electron chi connectivity index (χ2n) is 4.45. The van der Waals surface area contributed by atoms with Crippen LogP contribution in [-0.2, 0) is 10.2 Å². The first-order valence-corrected chi connectivity index (χ1v) is 6.94. The van der Waals surface area contributed by atoms with Crippen molar-refractivity contribution in [2.24, 2.45) is 0 Å². The number of aliphatic carboxylic acids is 1. The first-order chi connectivity index (χ1) is 8.12. The number of thioether (sulfide) groups is 1. The lowest BCUT2D eigenvalue weighted by Crippen LogP contribution is -2.33. The second kappa shape index (κ2) is 4.61. The van der Waals surface area contributed by atoms with Crippen LogP contribution in [0.15, 0.2) is 23.1 Å². The van der Waals surface area contributed by atoms with Crippen molar-refractivity contribution in [3.05, 3.63) is 23.8 Å². The van der Waals surface area contributed by atoms with Crippen LogP contribution >= 0.6 is 11.8 Å². The Morgan fingerprint density at radius 3 is 2.53 bits per heavy atom. The molecular formula is C13H16O3S. The molecule has 1 saturated carbocycles. The van der Waals surface area contributed by atoms with E-state index in [1.54, 1.807) is 12.1 Å². The molecule has 2 N–H and O–H groups in total. The third-order valence-corrected chi connectivity index (χ3v) is 4.35. The maximum absolute atomic E-state index is 11.6. The van der Waals surface area contributed by atoms with Crippen molar-refractivity contribution in [1.29, 1.82) is 0 Å². The van der Waals surface area contributed by atoms with Crippen molar-refractivity contribution < 1.29 is 15.0 Å². The summed E-state index contributed by atoms with van der Waals surface area (Å²) in [6.07, 6.45) is 4.96. The standard InChI is InChI=1S/C13H16O3S/c1-17-10-6-4-5-9(14)11(10)13(12(15)16)7-2-3-8-13/h4-6,14H,2-3,7-8H2,1H3,(H,15,16). The Hall–Kier alpha value is -1.16. The van der Waals surface area contributed by atoms with Gasteiger partial charge in [-0.1, -0.05) is 18.9 Å². The molecule has 0 radical (unpaired) electrons. The molecule has 1 aliphatic rings. The van der Waals surface area contributed by atoms with Crippen molar-refractivity contribution in [3.63, 3.8) is 0 Å². The molecule has 3 nitrogen and oxygen atoms in total. The summed E-state index contributed by atoms with van der Waals surface area (Å²) in [5.41, 5.74) is -0.276. The van der Waals surface area contributed by atoms with Crippen LogP contribution in [0, 0.1) is 0 Å². The van der Waals surface area contributed by atoms with Crippen molar-refractivity contribution in [3.8, 4) is 5.75 Å².